The SMILES string of the molecule is C1=CCC(CNCCc2cccs2)CC1. The highest BCUT2D eigenvalue weighted by molar-refractivity contribution is 7.09. The third-order valence-electron chi connectivity index (χ3n) is 2.94. The molecule has 15 heavy (non-hydrogen) atoms. The van der Waals surface area contributed by atoms with Gasteiger partial charge in [0.15, 0.2) is 0 Å². The van der Waals surface area contributed by atoms with Crippen LogP contribution in [0.1, 0.15) is 24.1 Å². The van der Waals surface area contributed by atoms with Gasteiger partial charge in [-0.2, -0.15) is 0 Å². The van der Waals surface area contributed by atoms with Crippen LogP contribution in [0.25, 0.3) is 0 Å². The van der Waals surface area contributed by atoms with Crippen molar-refractivity contribution >= 4 is 11.3 Å². The first-order chi connectivity index (χ1) is 7.45. The maximum absolute atomic E-state index is 3.57. The van der Waals surface area contributed by atoms with E-state index in [1.807, 2.05) is 11.3 Å². The van der Waals surface area contributed by atoms with Crippen LogP contribution in [-0.4, -0.2) is 13.1 Å². The van der Waals surface area contributed by atoms with Gasteiger partial charge >= 0.3 is 0 Å². The highest BCUT2D eigenvalue weighted by atomic mass is 32.1. The lowest BCUT2D eigenvalue weighted by atomic mass is 9.94. The Kier molecular flexibility index (Phi) is 4.42. The highest BCUT2D eigenvalue weighted by Crippen LogP contribution is 2.16. The molecule has 1 N–H and O–H groups in total. The zero-order chi connectivity index (χ0) is 10.3. The largest absolute Gasteiger partial charge is 0.316 e. The molecule has 0 saturated carbocycles. The van der Waals surface area contributed by atoms with Gasteiger partial charge in [0.2, 0.25) is 0 Å². The van der Waals surface area contributed by atoms with E-state index in [4.69, 9.17) is 0 Å². The van der Waals surface area contributed by atoms with Crippen LogP contribution in [0.4, 0.5) is 0 Å². The quantitative estimate of drug-likeness (QED) is 0.594. The predicted molar refractivity (Wildman–Crippen MR) is 67.4 cm³/mol. The fraction of sp³-hybridized carbons (Fsp3) is 0.538. The Morgan fingerprint density at radius 1 is 1.40 bits per heavy atom. The van der Waals surface area contributed by atoms with Crippen molar-refractivity contribution in [3.8, 4) is 0 Å². The Morgan fingerprint density at radius 3 is 3.13 bits per heavy atom. The summed E-state index contributed by atoms with van der Waals surface area (Å²) in [5, 5.41) is 5.72. The smallest absolute Gasteiger partial charge is 0.00578 e. The summed E-state index contributed by atoms with van der Waals surface area (Å²) in [6.45, 7) is 2.32. The second kappa shape index (κ2) is 6.09. The number of allylic oxidation sites excluding steroid dienone is 2. The molecule has 0 bridgehead atoms. The summed E-state index contributed by atoms with van der Waals surface area (Å²) in [7, 11) is 0. The van der Waals surface area contributed by atoms with Gasteiger partial charge in [0.05, 0.1) is 0 Å². The molecule has 1 unspecified atom stereocenters. The minimum atomic E-state index is 0.873. The van der Waals surface area contributed by atoms with E-state index in [0.29, 0.717) is 0 Å². The van der Waals surface area contributed by atoms with Gasteiger partial charge in [-0.05, 0) is 56.1 Å². The predicted octanol–water partition coefficient (Wildman–Crippen LogP) is 3.24. The average Bonchev–Trinajstić information content (AvgIpc) is 2.79. The zero-order valence-electron chi connectivity index (χ0n) is 9.11. The van der Waals surface area contributed by atoms with Crippen LogP contribution in [0.5, 0.6) is 0 Å². The fourth-order valence-electron chi connectivity index (χ4n) is 2.01. The van der Waals surface area contributed by atoms with Crippen molar-refractivity contribution in [1.29, 1.82) is 0 Å². The normalized spacial score (nSPS) is 20.7. The molecule has 1 nitrogen and oxygen atoms in total. The molecule has 0 aromatic carbocycles. The molecule has 0 aliphatic heterocycles. The van der Waals surface area contributed by atoms with Crippen LogP contribution in [0, 0.1) is 5.92 Å². The molecule has 1 aliphatic carbocycles. The molecular weight excluding hydrogens is 202 g/mol. The molecule has 0 spiro atoms. The maximum Gasteiger partial charge on any atom is 0.00578 e. The zero-order valence-corrected chi connectivity index (χ0v) is 9.93. The molecule has 0 amide bonds. The van der Waals surface area contributed by atoms with Crippen molar-refractivity contribution in [2.45, 2.75) is 25.7 Å². The van der Waals surface area contributed by atoms with Crippen LogP contribution in [0.15, 0.2) is 29.7 Å². The monoisotopic (exact) mass is 221 g/mol. The molecule has 1 heterocycles. The second-order valence-corrected chi connectivity index (χ2v) is 5.22. The molecule has 1 aliphatic rings. The molecule has 0 saturated heterocycles. The Hall–Kier alpha value is -0.600. The van der Waals surface area contributed by atoms with Crippen LogP contribution in [-0.2, 0) is 6.42 Å². The van der Waals surface area contributed by atoms with Crippen molar-refractivity contribution in [1.82, 2.24) is 5.32 Å². The van der Waals surface area contributed by atoms with Crippen LogP contribution < -0.4 is 5.32 Å². The lowest BCUT2D eigenvalue weighted by molar-refractivity contribution is 0.443. The van der Waals surface area contributed by atoms with E-state index < -0.39 is 0 Å². The van der Waals surface area contributed by atoms with Gasteiger partial charge in [-0.25, -0.2) is 0 Å². The number of rotatable bonds is 5. The first-order valence-corrected chi connectivity index (χ1v) is 6.71. The van der Waals surface area contributed by atoms with E-state index in [0.717, 1.165) is 12.5 Å². The molecule has 1 atom stereocenters. The topological polar surface area (TPSA) is 12.0 Å². The van der Waals surface area contributed by atoms with Gasteiger partial charge in [0, 0.05) is 4.88 Å². The summed E-state index contributed by atoms with van der Waals surface area (Å²) in [6, 6.07) is 4.35. The minimum Gasteiger partial charge on any atom is -0.316 e. The van der Waals surface area contributed by atoms with Crippen LogP contribution >= 0.6 is 11.3 Å². The third kappa shape index (κ3) is 3.80. The van der Waals surface area contributed by atoms with Gasteiger partial charge in [-0.3, -0.25) is 0 Å². The minimum absolute atomic E-state index is 0.873. The molecule has 2 heteroatoms. The van der Waals surface area contributed by atoms with Crippen molar-refractivity contribution in [2.75, 3.05) is 13.1 Å². The van der Waals surface area contributed by atoms with Gasteiger partial charge < -0.3 is 5.32 Å². The standard InChI is InChI=1S/C13H19NS/c1-2-5-12(6-3-1)11-14-9-8-13-7-4-10-15-13/h1-2,4,7,10,12,14H,3,5-6,8-9,11H2. The summed E-state index contributed by atoms with van der Waals surface area (Å²) in [4.78, 5) is 1.49. The average molecular weight is 221 g/mol. The number of nitrogens with one attached hydrogen (secondary N) is 1. The number of hydrogen-bond donors (Lipinski definition) is 1. The van der Waals surface area contributed by atoms with E-state index in [2.05, 4.69) is 35.0 Å². The van der Waals surface area contributed by atoms with Gasteiger partial charge in [0.25, 0.3) is 0 Å². The van der Waals surface area contributed by atoms with Crippen molar-refractivity contribution in [3.05, 3.63) is 34.5 Å². The van der Waals surface area contributed by atoms with Crippen molar-refractivity contribution < 1.29 is 0 Å². The van der Waals surface area contributed by atoms with Gasteiger partial charge in [0.1, 0.15) is 0 Å². The van der Waals surface area contributed by atoms with Crippen LogP contribution in [0.3, 0.4) is 0 Å². The highest BCUT2D eigenvalue weighted by Gasteiger charge is 2.08. The summed E-state index contributed by atoms with van der Waals surface area (Å²) >= 11 is 1.86. The van der Waals surface area contributed by atoms with E-state index >= 15 is 0 Å². The summed E-state index contributed by atoms with van der Waals surface area (Å²) in [6.07, 6.45) is 9.73. The third-order valence-corrected chi connectivity index (χ3v) is 3.88. The molecular formula is C13H19NS. The van der Waals surface area contributed by atoms with E-state index in [1.165, 1.54) is 37.1 Å². The lowest BCUT2D eigenvalue weighted by Gasteiger charge is -2.17. The molecule has 0 radical (unpaired) electrons. The van der Waals surface area contributed by atoms with Crippen molar-refractivity contribution in [3.63, 3.8) is 0 Å². The number of hydrogen-bond acceptors (Lipinski definition) is 2. The summed E-state index contributed by atoms with van der Waals surface area (Å²) in [5.74, 6) is 0.873. The van der Waals surface area contributed by atoms with Crippen LogP contribution in [0.2, 0.25) is 0 Å². The van der Waals surface area contributed by atoms with Gasteiger partial charge in [-0.15, -0.1) is 11.3 Å². The first-order valence-electron chi connectivity index (χ1n) is 5.83. The van der Waals surface area contributed by atoms with Crippen molar-refractivity contribution in [2.24, 2.45) is 5.92 Å². The summed E-state index contributed by atoms with van der Waals surface area (Å²) < 4.78 is 0. The Balaban J connectivity index is 1.57. The molecule has 0 fully saturated rings. The molecule has 1 aromatic rings. The second-order valence-electron chi connectivity index (χ2n) is 4.18. The first kappa shape index (κ1) is 10.9. The maximum atomic E-state index is 3.57. The Morgan fingerprint density at radius 2 is 2.40 bits per heavy atom. The summed E-state index contributed by atoms with van der Waals surface area (Å²) in [5.41, 5.74) is 0. The van der Waals surface area contributed by atoms with E-state index in [9.17, 15) is 0 Å². The van der Waals surface area contributed by atoms with Gasteiger partial charge in [-0.1, -0.05) is 18.2 Å². The molecule has 82 valence electrons. The lowest BCUT2D eigenvalue weighted by Crippen LogP contribution is -2.25. The molecule has 2 rings (SSSR count). The Bertz CT molecular complexity index is 289. The van der Waals surface area contributed by atoms with E-state index in [-0.39, 0.29) is 0 Å². The Labute approximate surface area is 96.2 Å². The van der Waals surface area contributed by atoms with E-state index in [1.54, 1.807) is 0 Å². The fourth-order valence-corrected chi connectivity index (χ4v) is 2.72. The molecule has 1 aromatic heterocycles. The number of thiophene rings is 1.